The van der Waals surface area contributed by atoms with Crippen molar-refractivity contribution >= 4 is 5.97 Å². The van der Waals surface area contributed by atoms with Gasteiger partial charge in [0.25, 0.3) is 0 Å². The minimum absolute atomic E-state index is 0.0953. The first-order chi connectivity index (χ1) is 9.52. The number of phenols is 1. The molecule has 1 aromatic rings. The molecule has 1 aliphatic rings. The summed E-state index contributed by atoms with van der Waals surface area (Å²) in [5.41, 5.74) is 0.905. The molecule has 2 rings (SSSR count). The number of rotatable bonds is 5. The highest BCUT2D eigenvalue weighted by molar-refractivity contribution is 5.96. The molecule has 1 aliphatic heterocycles. The molecule has 0 bridgehead atoms. The Hall–Kier alpha value is -1.75. The van der Waals surface area contributed by atoms with E-state index in [1.807, 2.05) is 0 Å². The van der Waals surface area contributed by atoms with Gasteiger partial charge in [-0.25, -0.2) is 4.79 Å². The van der Waals surface area contributed by atoms with Crippen molar-refractivity contribution in [2.75, 3.05) is 7.11 Å². The van der Waals surface area contributed by atoms with Crippen LogP contribution in [0.5, 0.6) is 11.5 Å². The van der Waals surface area contributed by atoms with Crippen molar-refractivity contribution in [1.29, 1.82) is 0 Å². The van der Waals surface area contributed by atoms with Crippen molar-refractivity contribution in [2.24, 2.45) is 0 Å². The molecule has 0 radical (unpaired) electrons. The molecule has 0 saturated carbocycles. The predicted molar refractivity (Wildman–Crippen MR) is 73.1 cm³/mol. The van der Waals surface area contributed by atoms with Gasteiger partial charge >= 0.3 is 5.97 Å². The largest absolute Gasteiger partial charge is 0.508 e. The van der Waals surface area contributed by atoms with Crippen molar-refractivity contribution < 1.29 is 24.5 Å². The number of phenolic OH excluding ortho intramolecular Hbond substituents is 1. The fraction of sp³-hybridized carbons (Fsp3) is 0.533. The molecular weight excluding hydrogens is 260 g/mol. The van der Waals surface area contributed by atoms with E-state index in [1.165, 1.54) is 13.2 Å². The Morgan fingerprint density at radius 1 is 1.50 bits per heavy atom. The Morgan fingerprint density at radius 3 is 2.90 bits per heavy atom. The zero-order valence-electron chi connectivity index (χ0n) is 11.8. The normalized spacial score (nSPS) is 19.1. The van der Waals surface area contributed by atoms with E-state index in [-0.39, 0.29) is 18.0 Å². The number of carbonyl (C=O) groups is 1. The highest BCUT2D eigenvalue weighted by Crippen LogP contribution is 2.35. The lowest BCUT2D eigenvalue weighted by Gasteiger charge is -2.26. The van der Waals surface area contributed by atoms with Crippen LogP contribution in [0.15, 0.2) is 12.1 Å². The van der Waals surface area contributed by atoms with Gasteiger partial charge in [-0.05, 0) is 38.3 Å². The first kappa shape index (κ1) is 14.7. The number of aromatic hydroxyl groups is 1. The molecule has 5 nitrogen and oxygen atoms in total. The minimum Gasteiger partial charge on any atom is -0.508 e. The summed E-state index contributed by atoms with van der Waals surface area (Å²) in [5, 5.41) is 19.2. The Labute approximate surface area is 118 Å². The van der Waals surface area contributed by atoms with Crippen LogP contribution < -0.4 is 4.74 Å². The summed E-state index contributed by atoms with van der Waals surface area (Å²) in [4.78, 5) is 12.1. The highest BCUT2D eigenvalue weighted by atomic mass is 16.5. The molecule has 2 N–H and O–H groups in total. The number of carbonyl (C=O) groups excluding carboxylic acids is 1. The molecule has 0 fully saturated rings. The summed E-state index contributed by atoms with van der Waals surface area (Å²) in [6.45, 7) is 1.73. The van der Waals surface area contributed by atoms with E-state index < -0.39 is 5.97 Å². The standard InChI is InChI=1S/C15H20O5/c1-9(16)4-3-5-10-8-11-12(17)6-7-13(19-2)14(11)15(18)20-10/h6-7,9-10,16-17H,3-5,8H2,1-2H3/t9-,10-/m1/s1. The number of aliphatic hydroxyl groups is 1. The average molecular weight is 280 g/mol. The predicted octanol–water partition coefficient (Wildman–Crippen LogP) is 2.03. The van der Waals surface area contributed by atoms with Gasteiger partial charge in [-0.15, -0.1) is 0 Å². The summed E-state index contributed by atoms with van der Waals surface area (Å²) in [7, 11) is 1.48. The molecule has 0 amide bonds. The van der Waals surface area contributed by atoms with Crippen LogP contribution in [-0.2, 0) is 11.2 Å². The van der Waals surface area contributed by atoms with Gasteiger partial charge in [0.05, 0.1) is 13.2 Å². The summed E-state index contributed by atoms with van der Waals surface area (Å²) in [6.07, 6.45) is 1.99. The van der Waals surface area contributed by atoms with Crippen LogP contribution in [0, 0.1) is 0 Å². The lowest BCUT2D eigenvalue weighted by atomic mass is 9.94. The average Bonchev–Trinajstić information content (AvgIpc) is 2.39. The molecule has 2 atom stereocenters. The molecule has 0 aromatic heterocycles. The second kappa shape index (κ2) is 6.13. The fourth-order valence-corrected chi connectivity index (χ4v) is 2.50. The van der Waals surface area contributed by atoms with E-state index in [0.29, 0.717) is 36.1 Å². The van der Waals surface area contributed by atoms with E-state index in [9.17, 15) is 15.0 Å². The molecule has 0 aliphatic carbocycles. The zero-order valence-corrected chi connectivity index (χ0v) is 11.8. The smallest absolute Gasteiger partial charge is 0.342 e. The number of methoxy groups -OCH3 is 1. The first-order valence-corrected chi connectivity index (χ1v) is 6.80. The van der Waals surface area contributed by atoms with Crippen molar-refractivity contribution in [1.82, 2.24) is 0 Å². The number of fused-ring (bicyclic) bond motifs is 1. The fourth-order valence-electron chi connectivity index (χ4n) is 2.50. The molecular formula is C15H20O5. The van der Waals surface area contributed by atoms with E-state index in [0.717, 1.165) is 6.42 Å². The molecule has 0 saturated heterocycles. The molecule has 110 valence electrons. The molecule has 0 spiro atoms. The van der Waals surface area contributed by atoms with E-state index >= 15 is 0 Å². The number of benzene rings is 1. The third-order valence-corrected chi connectivity index (χ3v) is 3.53. The van der Waals surface area contributed by atoms with E-state index in [1.54, 1.807) is 13.0 Å². The first-order valence-electron chi connectivity index (χ1n) is 6.80. The molecule has 5 heteroatoms. The van der Waals surface area contributed by atoms with Crippen molar-refractivity contribution in [3.05, 3.63) is 23.3 Å². The van der Waals surface area contributed by atoms with Gasteiger partial charge < -0.3 is 19.7 Å². The van der Waals surface area contributed by atoms with E-state index in [2.05, 4.69) is 0 Å². The minimum atomic E-state index is -0.457. The van der Waals surface area contributed by atoms with Gasteiger partial charge in [0.1, 0.15) is 23.2 Å². The summed E-state index contributed by atoms with van der Waals surface area (Å²) in [5.74, 6) is 0.0595. The summed E-state index contributed by atoms with van der Waals surface area (Å²) in [6, 6.07) is 3.09. The molecule has 20 heavy (non-hydrogen) atoms. The van der Waals surface area contributed by atoms with Crippen LogP contribution in [0.1, 0.15) is 42.1 Å². The van der Waals surface area contributed by atoms with Gasteiger partial charge in [-0.3, -0.25) is 0 Å². The maximum absolute atomic E-state index is 12.1. The summed E-state index contributed by atoms with van der Waals surface area (Å²) < 4.78 is 10.5. The SMILES string of the molecule is COc1ccc(O)c2c1C(=O)O[C@H](CCC[C@@H](C)O)C2. The number of hydrogen-bond acceptors (Lipinski definition) is 5. The van der Waals surface area contributed by atoms with Gasteiger partial charge in [0, 0.05) is 12.0 Å². The van der Waals surface area contributed by atoms with Gasteiger partial charge in [-0.2, -0.15) is 0 Å². The van der Waals surface area contributed by atoms with Gasteiger partial charge in [0.15, 0.2) is 0 Å². The zero-order chi connectivity index (χ0) is 14.7. The van der Waals surface area contributed by atoms with Crippen LogP contribution >= 0.6 is 0 Å². The summed E-state index contributed by atoms with van der Waals surface area (Å²) >= 11 is 0. The topological polar surface area (TPSA) is 76.0 Å². The van der Waals surface area contributed by atoms with Gasteiger partial charge in [-0.1, -0.05) is 0 Å². The van der Waals surface area contributed by atoms with Crippen molar-refractivity contribution in [3.8, 4) is 11.5 Å². The third kappa shape index (κ3) is 3.04. The van der Waals surface area contributed by atoms with Crippen molar-refractivity contribution in [3.63, 3.8) is 0 Å². The second-order valence-electron chi connectivity index (χ2n) is 5.15. The Bertz CT molecular complexity index is 495. The number of esters is 1. The number of aliphatic hydroxyl groups excluding tert-OH is 1. The number of hydrogen-bond donors (Lipinski definition) is 2. The Balaban J connectivity index is 2.15. The highest BCUT2D eigenvalue weighted by Gasteiger charge is 2.31. The van der Waals surface area contributed by atoms with Crippen LogP contribution in [0.3, 0.4) is 0 Å². The van der Waals surface area contributed by atoms with Crippen LogP contribution in [0.4, 0.5) is 0 Å². The van der Waals surface area contributed by atoms with Crippen LogP contribution in [0.2, 0.25) is 0 Å². The monoisotopic (exact) mass is 280 g/mol. The quantitative estimate of drug-likeness (QED) is 0.807. The number of cyclic esters (lactones) is 1. The maximum atomic E-state index is 12.1. The lowest BCUT2D eigenvalue weighted by Crippen LogP contribution is -2.28. The molecule has 1 aromatic carbocycles. The number of ether oxygens (including phenoxy) is 2. The molecule has 0 unspecified atom stereocenters. The Morgan fingerprint density at radius 2 is 2.25 bits per heavy atom. The van der Waals surface area contributed by atoms with Crippen LogP contribution in [-0.4, -0.2) is 35.5 Å². The van der Waals surface area contributed by atoms with Crippen molar-refractivity contribution in [2.45, 2.75) is 44.8 Å². The maximum Gasteiger partial charge on any atom is 0.342 e. The van der Waals surface area contributed by atoms with Crippen LogP contribution in [0.25, 0.3) is 0 Å². The molecule has 1 heterocycles. The second-order valence-corrected chi connectivity index (χ2v) is 5.15. The van der Waals surface area contributed by atoms with E-state index in [4.69, 9.17) is 9.47 Å². The Kier molecular flexibility index (Phi) is 4.49. The lowest BCUT2D eigenvalue weighted by molar-refractivity contribution is 0.0217. The van der Waals surface area contributed by atoms with Gasteiger partial charge in [0.2, 0.25) is 0 Å². The third-order valence-electron chi connectivity index (χ3n) is 3.53.